The minimum Gasteiger partial charge on any atom is -0.484 e. The van der Waals surface area contributed by atoms with E-state index in [1.54, 1.807) is 4.68 Å². The van der Waals surface area contributed by atoms with Crippen LogP contribution in [0.4, 0.5) is 29.3 Å². The second-order valence-corrected chi connectivity index (χ2v) is 14.1. The lowest BCUT2D eigenvalue weighted by atomic mass is 10.1. The summed E-state index contributed by atoms with van der Waals surface area (Å²) in [6, 6.07) is 4.02. The largest absolute Gasteiger partial charge is 0.484 e. The zero-order valence-electron chi connectivity index (χ0n) is 24.9. The van der Waals surface area contributed by atoms with Crippen molar-refractivity contribution < 1.29 is 45.4 Å². The van der Waals surface area contributed by atoms with Gasteiger partial charge in [-0.25, -0.2) is 13.2 Å². The number of alkyl halides is 3. The number of fused-ring (bicyclic) bond motifs is 2. The standard InChI is InChI=1S/C28H36F3N5O7S/c1-17(37)32-14-19-15-36(21-13-18(8-9-22(21)42-19)33-25(38)43-26(2,3)28(29,30)31)44(39,40)23-20-7-5-6-12-35(20)34-24(23)41-16-27(4)10-11-27/h8-9,13,19H,5-7,10-12,14-16H2,1-4H3,(H,32,37)(H,33,38)/t19-/m0/s1. The summed E-state index contributed by atoms with van der Waals surface area (Å²) in [5, 5.41) is 9.41. The predicted octanol–water partition coefficient (Wildman–Crippen LogP) is 4.38. The zero-order chi connectivity index (χ0) is 32.1. The lowest BCUT2D eigenvalue weighted by molar-refractivity contribution is -0.242. The van der Waals surface area contributed by atoms with Gasteiger partial charge in [0.05, 0.1) is 31.1 Å². The van der Waals surface area contributed by atoms with E-state index in [1.165, 1.54) is 25.1 Å². The number of aryl methyl sites for hydroxylation is 1. The summed E-state index contributed by atoms with van der Waals surface area (Å²) in [5.74, 6) is -0.198. The quantitative estimate of drug-likeness (QED) is 0.410. The van der Waals surface area contributed by atoms with E-state index in [0.717, 1.165) is 30.0 Å². The smallest absolute Gasteiger partial charge is 0.427 e. The maximum absolute atomic E-state index is 14.6. The SMILES string of the molecule is CC(=O)NC[C@H]1CN(S(=O)(=O)c2c(OCC3(C)CC3)nn3c2CCCC3)c2cc(NC(=O)OC(C)(C)C(F)(F)F)ccc2O1. The summed E-state index contributed by atoms with van der Waals surface area (Å²) in [4.78, 5) is 24.0. The molecule has 0 saturated heterocycles. The van der Waals surface area contributed by atoms with Crippen LogP contribution in [0.25, 0.3) is 0 Å². The van der Waals surface area contributed by atoms with E-state index in [9.17, 15) is 31.2 Å². The molecule has 0 unspecified atom stereocenters. The molecule has 1 aliphatic carbocycles. The summed E-state index contributed by atoms with van der Waals surface area (Å²) >= 11 is 0. The number of carbonyl (C=O) groups excluding carboxylic acids is 2. The van der Waals surface area contributed by atoms with E-state index in [1.807, 2.05) is 0 Å². The highest BCUT2D eigenvalue weighted by atomic mass is 32.2. The molecule has 0 spiro atoms. The molecule has 242 valence electrons. The average molecular weight is 644 g/mol. The Bertz CT molecular complexity index is 1550. The Morgan fingerprint density at radius 1 is 1.20 bits per heavy atom. The van der Waals surface area contributed by atoms with Gasteiger partial charge in [0, 0.05) is 24.6 Å². The highest BCUT2D eigenvalue weighted by Crippen LogP contribution is 2.46. The molecular formula is C28H36F3N5O7S. The molecule has 2 amide bonds. The topological polar surface area (TPSA) is 141 Å². The fourth-order valence-corrected chi connectivity index (χ4v) is 6.73. The second kappa shape index (κ2) is 11.3. The first-order valence-electron chi connectivity index (χ1n) is 14.4. The van der Waals surface area contributed by atoms with Crippen molar-refractivity contribution in [3.05, 3.63) is 23.9 Å². The number of carbonyl (C=O) groups is 2. The van der Waals surface area contributed by atoms with Gasteiger partial charge in [-0.05, 0) is 64.2 Å². The molecular weight excluding hydrogens is 607 g/mol. The number of nitrogens with one attached hydrogen (secondary N) is 2. The number of ether oxygens (including phenoxy) is 3. The first-order chi connectivity index (χ1) is 20.5. The number of amides is 2. The van der Waals surface area contributed by atoms with Crippen molar-refractivity contribution in [1.29, 1.82) is 0 Å². The minimum absolute atomic E-state index is 0.00742. The van der Waals surface area contributed by atoms with Gasteiger partial charge < -0.3 is 19.5 Å². The van der Waals surface area contributed by atoms with Crippen molar-refractivity contribution in [3.8, 4) is 11.6 Å². The van der Waals surface area contributed by atoms with Gasteiger partial charge in [-0.1, -0.05) is 6.92 Å². The predicted molar refractivity (Wildman–Crippen MR) is 152 cm³/mol. The lowest BCUT2D eigenvalue weighted by Gasteiger charge is -2.36. The first-order valence-corrected chi connectivity index (χ1v) is 15.8. The highest BCUT2D eigenvalue weighted by molar-refractivity contribution is 7.93. The maximum atomic E-state index is 14.6. The van der Waals surface area contributed by atoms with Crippen LogP contribution >= 0.6 is 0 Å². The van der Waals surface area contributed by atoms with Crippen LogP contribution in [-0.2, 0) is 32.5 Å². The fraction of sp³-hybridized carbons (Fsp3) is 0.607. The summed E-state index contributed by atoms with van der Waals surface area (Å²) in [6.45, 7) is 5.44. The number of hydrogen-bond acceptors (Lipinski definition) is 8. The molecule has 1 aromatic heterocycles. The van der Waals surface area contributed by atoms with Crippen molar-refractivity contribution in [3.63, 3.8) is 0 Å². The molecule has 0 bridgehead atoms. The molecule has 3 heterocycles. The number of benzene rings is 1. The molecule has 1 fully saturated rings. The number of anilines is 2. The first kappa shape index (κ1) is 31.7. The molecule has 44 heavy (non-hydrogen) atoms. The molecule has 12 nitrogen and oxygen atoms in total. The number of aromatic nitrogens is 2. The molecule has 2 N–H and O–H groups in total. The summed E-state index contributed by atoms with van der Waals surface area (Å²) in [5.41, 5.74) is -2.28. The van der Waals surface area contributed by atoms with Gasteiger partial charge in [0.15, 0.2) is 4.90 Å². The van der Waals surface area contributed by atoms with Gasteiger partial charge in [0.2, 0.25) is 11.5 Å². The lowest BCUT2D eigenvalue weighted by Crippen LogP contribution is -2.48. The van der Waals surface area contributed by atoms with E-state index in [2.05, 4.69) is 27.4 Å². The van der Waals surface area contributed by atoms with E-state index < -0.39 is 34.0 Å². The number of nitrogens with zero attached hydrogens (tertiary/aromatic N) is 3. The van der Waals surface area contributed by atoms with Crippen LogP contribution in [0.2, 0.25) is 0 Å². The Labute approximate surface area is 253 Å². The molecule has 5 rings (SSSR count). The maximum Gasteiger partial charge on any atom is 0.427 e. The highest BCUT2D eigenvalue weighted by Gasteiger charge is 2.51. The van der Waals surface area contributed by atoms with Crippen LogP contribution in [0.5, 0.6) is 11.6 Å². The molecule has 0 radical (unpaired) electrons. The molecule has 2 aromatic rings. The van der Waals surface area contributed by atoms with Gasteiger partial charge in [-0.3, -0.25) is 19.1 Å². The normalized spacial score (nSPS) is 19.2. The number of rotatable bonds is 9. The monoisotopic (exact) mass is 643 g/mol. The summed E-state index contributed by atoms with van der Waals surface area (Å²) in [7, 11) is -4.38. The van der Waals surface area contributed by atoms with Crippen LogP contribution < -0.4 is 24.4 Å². The molecule has 3 aliphatic rings. The van der Waals surface area contributed by atoms with Crippen LogP contribution in [0.3, 0.4) is 0 Å². The molecule has 1 atom stereocenters. The second-order valence-electron chi connectivity index (χ2n) is 12.3. The van der Waals surface area contributed by atoms with E-state index >= 15 is 0 Å². The molecule has 2 aliphatic heterocycles. The Morgan fingerprint density at radius 2 is 1.93 bits per heavy atom. The minimum atomic E-state index is -4.82. The summed E-state index contributed by atoms with van der Waals surface area (Å²) < 4.78 is 88.3. The van der Waals surface area contributed by atoms with Gasteiger partial charge in [-0.2, -0.15) is 13.2 Å². The van der Waals surface area contributed by atoms with E-state index in [4.69, 9.17) is 9.47 Å². The van der Waals surface area contributed by atoms with Crippen molar-refractivity contribution >= 4 is 33.4 Å². The third-order valence-electron chi connectivity index (χ3n) is 7.97. The number of hydrogen-bond donors (Lipinski definition) is 2. The molecule has 1 aromatic carbocycles. The number of halogens is 3. The van der Waals surface area contributed by atoms with E-state index in [-0.39, 0.29) is 52.3 Å². The van der Waals surface area contributed by atoms with Gasteiger partial charge in [-0.15, -0.1) is 5.10 Å². The molecule has 1 saturated carbocycles. The van der Waals surface area contributed by atoms with E-state index in [0.29, 0.717) is 39.1 Å². The molecule has 16 heteroatoms. The van der Waals surface area contributed by atoms with Crippen LogP contribution in [-0.4, -0.2) is 67.8 Å². The van der Waals surface area contributed by atoms with Crippen molar-refractivity contribution in [2.45, 2.75) is 89.1 Å². The van der Waals surface area contributed by atoms with Crippen LogP contribution in [0.15, 0.2) is 23.1 Å². The average Bonchev–Trinajstić information content (AvgIpc) is 3.54. The fourth-order valence-electron chi connectivity index (χ4n) is 4.92. The van der Waals surface area contributed by atoms with Gasteiger partial charge >= 0.3 is 12.3 Å². The van der Waals surface area contributed by atoms with Crippen molar-refractivity contribution in [2.24, 2.45) is 5.41 Å². The van der Waals surface area contributed by atoms with Crippen molar-refractivity contribution in [1.82, 2.24) is 15.1 Å². The summed E-state index contributed by atoms with van der Waals surface area (Å²) in [6.07, 6.45) is -2.98. The van der Waals surface area contributed by atoms with Gasteiger partial charge in [0.1, 0.15) is 11.9 Å². The Hall–Kier alpha value is -3.69. The van der Waals surface area contributed by atoms with Crippen LogP contribution in [0.1, 0.15) is 59.1 Å². The third kappa shape index (κ3) is 6.54. The van der Waals surface area contributed by atoms with Crippen LogP contribution in [0, 0.1) is 5.41 Å². The Balaban J connectivity index is 1.51. The zero-order valence-corrected chi connectivity index (χ0v) is 25.7. The Morgan fingerprint density at radius 3 is 2.59 bits per heavy atom. The number of sulfonamides is 1. The Kier molecular flexibility index (Phi) is 8.18. The third-order valence-corrected chi connectivity index (χ3v) is 9.82. The van der Waals surface area contributed by atoms with Crippen molar-refractivity contribution in [2.75, 3.05) is 29.3 Å². The van der Waals surface area contributed by atoms with Gasteiger partial charge in [0.25, 0.3) is 15.9 Å².